The van der Waals surface area contributed by atoms with E-state index in [9.17, 15) is 0 Å². The Labute approximate surface area is 92.9 Å². The van der Waals surface area contributed by atoms with Gasteiger partial charge in [0.2, 0.25) is 0 Å². The molecule has 1 aliphatic rings. The lowest BCUT2D eigenvalue weighted by Gasteiger charge is -2.36. The van der Waals surface area contributed by atoms with Gasteiger partial charge in [-0.25, -0.2) is 4.98 Å². The molecular formula is C11H12ClN3. The van der Waals surface area contributed by atoms with Crippen molar-refractivity contribution in [2.75, 3.05) is 0 Å². The SMILES string of the molecule is NC1(c2ncc3cccc(Cl)n23)CCC1. The summed E-state index contributed by atoms with van der Waals surface area (Å²) in [6.07, 6.45) is 5.00. The van der Waals surface area contributed by atoms with Crippen LogP contribution in [0.5, 0.6) is 0 Å². The van der Waals surface area contributed by atoms with Gasteiger partial charge in [-0.1, -0.05) is 17.7 Å². The van der Waals surface area contributed by atoms with Gasteiger partial charge in [-0.3, -0.25) is 4.40 Å². The van der Waals surface area contributed by atoms with Crippen LogP contribution in [0.1, 0.15) is 25.1 Å². The summed E-state index contributed by atoms with van der Waals surface area (Å²) in [7, 11) is 0. The van der Waals surface area contributed by atoms with Crippen LogP contribution in [0, 0.1) is 0 Å². The Hall–Kier alpha value is -1.06. The fraction of sp³-hybridized carbons (Fsp3) is 0.364. The first-order valence-electron chi connectivity index (χ1n) is 5.12. The molecule has 2 aromatic rings. The summed E-state index contributed by atoms with van der Waals surface area (Å²) >= 11 is 6.16. The Morgan fingerprint density at radius 1 is 1.40 bits per heavy atom. The van der Waals surface area contributed by atoms with Crippen molar-refractivity contribution in [1.82, 2.24) is 9.38 Å². The van der Waals surface area contributed by atoms with E-state index in [2.05, 4.69) is 4.98 Å². The van der Waals surface area contributed by atoms with E-state index in [1.54, 1.807) is 0 Å². The highest BCUT2D eigenvalue weighted by atomic mass is 35.5. The Balaban J connectivity index is 2.27. The second-order valence-corrected chi connectivity index (χ2v) is 4.59. The normalized spacial score (nSPS) is 19.1. The average Bonchev–Trinajstić information content (AvgIpc) is 2.60. The van der Waals surface area contributed by atoms with Crippen molar-refractivity contribution in [1.29, 1.82) is 0 Å². The number of aromatic nitrogens is 2. The average molecular weight is 222 g/mol. The molecule has 0 unspecified atom stereocenters. The number of nitrogens with zero attached hydrogens (tertiary/aromatic N) is 2. The van der Waals surface area contributed by atoms with Gasteiger partial charge >= 0.3 is 0 Å². The summed E-state index contributed by atoms with van der Waals surface area (Å²) in [4.78, 5) is 4.40. The molecule has 2 heterocycles. The first-order chi connectivity index (χ1) is 7.21. The van der Waals surface area contributed by atoms with Crippen LogP contribution in [-0.2, 0) is 5.54 Å². The molecule has 0 saturated heterocycles. The highest BCUT2D eigenvalue weighted by Gasteiger charge is 2.38. The third-order valence-corrected chi connectivity index (χ3v) is 3.49. The summed E-state index contributed by atoms with van der Waals surface area (Å²) in [5, 5.41) is 0.678. The van der Waals surface area contributed by atoms with Gasteiger partial charge in [0.25, 0.3) is 0 Å². The highest BCUT2D eigenvalue weighted by molar-refractivity contribution is 6.29. The zero-order chi connectivity index (χ0) is 10.5. The molecule has 15 heavy (non-hydrogen) atoms. The van der Waals surface area contributed by atoms with E-state index < -0.39 is 0 Å². The summed E-state index contributed by atoms with van der Waals surface area (Å²) in [6, 6.07) is 5.78. The van der Waals surface area contributed by atoms with Crippen molar-refractivity contribution in [3.05, 3.63) is 35.4 Å². The number of rotatable bonds is 1. The van der Waals surface area contributed by atoms with E-state index in [-0.39, 0.29) is 5.54 Å². The van der Waals surface area contributed by atoms with Crippen molar-refractivity contribution < 1.29 is 0 Å². The summed E-state index contributed by atoms with van der Waals surface area (Å²) in [5.41, 5.74) is 7.00. The number of imidazole rings is 1. The van der Waals surface area contributed by atoms with E-state index in [1.807, 2.05) is 28.8 Å². The van der Waals surface area contributed by atoms with Crippen molar-refractivity contribution in [2.24, 2.45) is 5.73 Å². The van der Waals surface area contributed by atoms with Gasteiger partial charge in [-0.2, -0.15) is 0 Å². The Morgan fingerprint density at radius 2 is 2.20 bits per heavy atom. The second kappa shape index (κ2) is 2.97. The van der Waals surface area contributed by atoms with Crippen LogP contribution in [0.2, 0.25) is 5.15 Å². The predicted molar refractivity (Wildman–Crippen MR) is 59.9 cm³/mol. The molecule has 0 radical (unpaired) electrons. The number of nitrogens with two attached hydrogens (primary N) is 1. The molecule has 0 atom stereocenters. The number of pyridine rings is 1. The maximum Gasteiger partial charge on any atom is 0.134 e. The molecule has 0 aliphatic heterocycles. The quantitative estimate of drug-likeness (QED) is 0.752. The van der Waals surface area contributed by atoms with Crippen LogP contribution in [-0.4, -0.2) is 9.38 Å². The number of hydrogen-bond acceptors (Lipinski definition) is 2. The third-order valence-electron chi connectivity index (χ3n) is 3.19. The van der Waals surface area contributed by atoms with Crippen molar-refractivity contribution in [2.45, 2.75) is 24.8 Å². The van der Waals surface area contributed by atoms with Crippen molar-refractivity contribution >= 4 is 17.1 Å². The lowest BCUT2D eigenvalue weighted by atomic mass is 9.77. The van der Waals surface area contributed by atoms with Crippen LogP contribution >= 0.6 is 11.6 Å². The van der Waals surface area contributed by atoms with Gasteiger partial charge in [-0.05, 0) is 31.4 Å². The Morgan fingerprint density at radius 3 is 2.87 bits per heavy atom. The standard InChI is InChI=1S/C11H12ClN3/c12-9-4-1-3-8-7-14-10(15(8)9)11(13)5-2-6-11/h1,3-4,7H,2,5-6,13H2. The molecule has 3 nitrogen and oxygen atoms in total. The predicted octanol–water partition coefficient (Wildman–Crippen LogP) is 2.33. The largest absolute Gasteiger partial charge is 0.319 e. The summed E-state index contributed by atoms with van der Waals surface area (Å²) in [6.45, 7) is 0. The molecule has 3 rings (SSSR count). The third kappa shape index (κ3) is 1.20. The topological polar surface area (TPSA) is 43.3 Å². The summed E-state index contributed by atoms with van der Waals surface area (Å²) < 4.78 is 1.95. The highest BCUT2D eigenvalue weighted by Crippen LogP contribution is 2.38. The molecule has 1 saturated carbocycles. The monoisotopic (exact) mass is 221 g/mol. The maximum absolute atomic E-state index is 6.26. The molecule has 0 aromatic carbocycles. The zero-order valence-electron chi connectivity index (χ0n) is 8.28. The molecule has 2 N–H and O–H groups in total. The Bertz CT molecular complexity index is 514. The first kappa shape index (κ1) is 9.19. The summed E-state index contributed by atoms with van der Waals surface area (Å²) in [5.74, 6) is 0.898. The van der Waals surface area contributed by atoms with E-state index in [1.165, 1.54) is 6.42 Å². The fourth-order valence-electron chi connectivity index (χ4n) is 2.14. The lowest BCUT2D eigenvalue weighted by Crippen LogP contribution is -2.45. The van der Waals surface area contributed by atoms with E-state index >= 15 is 0 Å². The second-order valence-electron chi connectivity index (χ2n) is 4.20. The first-order valence-corrected chi connectivity index (χ1v) is 5.50. The molecule has 1 fully saturated rings. The molecule has 1 aliphatic carbocycles. The van der Waals surface area contributed by atoms with Gasteiger partial charge in [0.1, 0.15) is 11.0 Å². The van der Waals surface area contributed by atoms with Gasteiger partial charge in [0, 0.05) is 0 Å². The molecule has 78 valence electrons. The van der Waals surface area contributed by atoms with Gasteiger partial charge in [-0.15, -0.1) is 0 Å². The van der Waals surface area contributed by atoms with Crippen LogP contribution < -0.4 is 5.73 Å². The number of halogens is 1. The van der Waals surface area contributed by atoms with Crippen LogP contribution in [0.25, 0.3) is 5.52 Å². The zero-order valence-corrected chi connectivity index (χ0v) is 9.04. The van der Waals surface area contributed by atoms with E-state index in [4.69, 9.17) is 17.3 Å². The van der Waals surface area contributed by atoms with Crippen LogP contribution in [0.15, 0.2) is 24.4 Å². The van der Waals surface area contributed by atoms with Crippen molar-refractivity contribution in [3.8, 4) is 0 Å². The van der Waals surface area contributed by atoms with Gasteiger partial charge in [0.05, 0.1) is 17.3 Å². The lowest BCUT2D eigenvalue weighted by molar-refractivity contribution is 0.237. The van der Waals surface area contributed by atoms with Crippen molar-refractivity contribution in [3.63, 3.8) is 0 Å². The number of fused-ring (bicyclic) bond motifs is 1. The van der Waals surface area contributed by atoms with Crippen LogP contribution in [0.4, 0.5) is 0 Å². The molecular weight excluding hydrogens is 210 g/mol. The minimum atomic E-state index is -0.266. The molecule has 2 aromatic heterocycles. The van der Waals surface area contributed by atoms with Crippen LogP contribution in [0.3, 0.4) is 0 Å². The van der Waals surface area contributed by atoms with E-state index in [0.29, 0.717) is 5.15 Å². The molecule has 0 amide bonds. The minimum absolute atomic E-state index is 0.266. The molecule has 4 heteroatoms. The van der Waals surface area contributed by atoms with Gasteiger partial charge in [0.15, 0.2) is 0 Å². The Kier molecular flexibility index (Phi) is 1.82. The minimum Gasteiger partial charge on any atom is -0.319 e. The smallest absolute Gasteiger partial charge is 0.134 e. The molecule has 0 spiro atoms. The number of hydrogen-bond donors (Lipinski definition) is 1. The fourth-order valence-corrected chi connectivity index (χ4v) is 2.39. The maximum atomic E-state index is 6.26. The van der Waals surface area contributed by atoms with Gasteiger partial charge < -0.3 is 5.73 Å². The molecule has 0 bridgehead atoms. The van der Waals surface area contributed by atoms with E-state index in [0.717, 1.165) is 24.2 Å².